The molecule has 0 atom stereocenters. The minimum atomic E-state index is 0.802. The minimum Gasteiger partial charge on any atom is -0.363 e. The topological polar surface area (TPSA) is 42.2 Å². The number of aryl methyl sites for hydroxylation is 1. The molecule has 0 bridgehead atoms. The van der Waals surface area contributed by atoms with Gasteiger partial charge in [0.2, 0.25) is 0 Å². The smallest absolute Gasteiger partial charge is 0.152 e. The molecular weight excluding hydrogens is 232 g/mol. The Kier molecular flexibility index (Phi) is 2.53. The van der Waals surface area contributed by atoms with Gasteiger partial charge in [-0.15, -0.1) is 11.3 Å². The summed E-state index contributed by atoms with van der Waals surface area (Å²) in [4.78, 5) is 6.98. The number of nitrogens with one attached hydrogen (secondary N) is 1. The number of aromatic nitrogens is 3. The molecule has 1 N–H and O–H groups in total. The Labute approximate surface area is 103 Å². The highest BCUT2D eigenvalue weighted by Gasteiger charge is 2.03. The number of fused-ring (bicyclic) bond motifs is 1. The molecule has 0 aromatic carbocycles. The molecule has 0 unspecified atom stereocenters. The van der Waals surface area contributed by atoms with E-state index in [9.17, 15) is 0 Å². The third kappa shape index (κ3) is 2.01. The molecule has 3 rings (SSSR count). The van der Waals surface area contributed by atoms with Crippen molar-refractivity contribution in [2.75, 3.05) is 5.32 Å². The monoisotopic (exact) mass is 244 g/mol. The van der Waals surface area contributed by atoms with Crippen LogP contribution in [0.1, 0.15) is 9.75 Å². The van der Waals surface area contributed by atoms with Crippen molar-refractivity contribution in [3.05, 3.63) is 46.5 Å². The second-order valence-electron chi connectivity index (χ2n) is 3.80. The fourth-order valence-electron chi connectivity index (χ4n) is 1.74. The Hall–Kier alpha value is -1.88. The first kappa shape index (κ1) is 10.3. The van der Waals surface area contributed by atoms with E-state index < -0.39 is 0 Å². The number of rotatable bonds is 3. The highest BCUT2D eigenvalue weighted by atomic mass is 32.1. The van der Waals surface area contributed by atoms with E-state index >= 15 is 0 Å². The summed E-state index contributed by atoms with van der Waals surface area (Å²) in [7, 11) is 0. The summed E-state index contributed by atoms with van der Waals surface area (Å²) in [6, 6.07) is 6.23. The molecule has 0 aliphatic rings. The Morgan fingerprint density at radius 1 is 1.29 bits per heavy atom. The number of nitrogens with zero attached hydrogens (tertiary/aromatic N) is 3. The largest absolute Gasteiger partial charge is 0.363 e. The van der Waals surface area contributed by atoms with Gasteiger partial charge in [0.1, 0.15) is 5.52 Å². The highest BCUT2D eigenvalue weighted by molar-refractivity contribution is 7.11. The predicted molar refractivity (Wildman–Crippen MR) is 69.4 cm³/mol. The van der Waals surface area contributed by atoms with Crippen molar-refractivity contribution < 1.29 is 0 Å². The molecule has 3 aromatic rings. The molecule has 0 fully saturated rings. The van der Waals surface area contributed by atoms with Crippen LogP contribution in [0.3, 0.4) is 0 Å². The van der Waals surface area contributed by atoms with Gasteiger partial charge in [-0.3, -0.25) is 0 Å². The second-order valence-corrected chi connectivity index (χ2v) is 5.18. The van der Waals surface area contributed by atoms with E-state index in [1.807, 2.05) is 16.8 Å². The predicted octanol–water partition coefficient (Wildman–Crippen LogP) is 2.71. The number of hydrogen-bond acceptors (Lipinski definition) is 4. The normalized spacial score (nSPS) is 10.9. The Balaban J connectivity index is 1.83. The molecule has 0 saturated heterocycles. The molecule has 0 radical (unpaired) electrons. The van der Waals surface area contributed by atoms with Gasteiger partial charge < -0.3 is 5.32 Å². The van der Waals surface area contributed by atoms with Crippen LogP contribution in [0.4, 0.5) is 5.82 Å². The molecule has 0 amide bonds. The van der Waals surface area contributed by atoms with Crippen molar-refractivity contribution in [2.24, 2.45) is 0 Å². The number of hydrogen-bond donors (Lipinski definition) is 1. The van der Waals surface area contributed by atoms with E-state index in [4.69, 9.17) is 0 Å². The van der Waals surface area contributed by atoms with Gasteiger partial charge in [0.05, 0.1) is 12.7 Å². The maximum absolute atomic E-state index is 4.33. The molecule has 86 valence electrons. The van der Waals surface area contributed by atoms with Crippen molar-refractivity contribution in [3.63, 3.8) is 0 Å². The molecule has 0 spiro atoms. The van der Waals surface area contributed by atoms with Crippen LogP contribution in [0.25, 0.3) is 5.52 Å². The molecule has 0 aliphatic carbocycles. The highest BCUT2D eigenvalue weighted by Crippen LogP contribution is 2.18. The minimum absolute atomic E-state index is 0.802. The van der Waals surface area contributed by atoms with Crippen LogP contribution in [-0.2, 0) is 6.54 Å². The van der Waals surface area contributed by atoms with Crippen LogP contribution in [0.2, 0.25) is 0 Å². The SMILES string of the molecule is Cc1ccc(CNc2nccn3nccc23)s1. The molecule has 3 aromatic heterocycles. The lowest BCUT2D eigenvalue weighted by Crippen LogP contribution is -2.02. The molecule has 3 heterocycles. The van der Waals surface area contributed by atoms with Crippen LogP contribution in [-0.4, -0.2) is 14.6 Å². The van der Waals surface area contributed by atoms with Crippen LogP contribution in [0.5, 0.6) is 0 Å². The lowest BCUT2D eigenvalue weighted by molar-refractivity contribution is 0.943. The summed E-state index contributed by atoms with van der Waals surface area (Å²) in [5, 5.41) is 7.52. The van der Waals surface area contributed by atoms with E-state index in [2.05, 4.69) is 34.5 Å². The molecule has 0 saturated carbocycles. The van der Waals surface area contributed by atoms with E-state index in [-0.39, 0.29) is 0 Å². The van der Waals surface area contributed by atoms with Crippen LogP contribution >= 0.6 is 11.3 Å². The Morgan fingerprint density at radius 2 is 2.24 bits per heavy atom. The van der Waals surface area contributed by atoms with Gasteiger partial charge in [-0.05, 0) is 25.1 Å². The van der Waals surface area contributed by atoms with Crippen molar-refractivity contribution in [2.45, 2.75) is 13.5 Å². The fourth-order valence-corrected chi connectivity index (χ4v) is 2.57. The van der Waals surface area contributed by atoms with Crippen LogP contribution in [0, 0.1) is 6.92 Å². The molecule has 0 aliphatic heterocycles. The maximum Gasteiger partial charge on any atom is 0.152 e. The van der Waals surface area contributed by atoms with E-state index in [0.717, 1.165) is 17.9 Å². The zero-order valence-corrected chi connectivity index (χ0v) is 10.2. The maximum atomic E-state index is 4.33. The fraction of sp³-hybridized carbons (Fsp3) is 0.167. The summed E-state index contributed by atoms with van der Waals surface area (Å²) >= 11 is 1.80. The van der Waals surface area contributed by atoms with Crippen molar-refractivity contribution in [3.8, 4) is 0 Å². The number of thiophene rings is 1. The Morgan fingerprint density at radius 3 is 3.06 bits per heavy atom. The van der Waals surface area contributed by atoms with Crippen LogP contribution < -0.4 is 5.32 Å². The average molecular weight is 244 g/mol. The summed E-state index contributed by atoms with van der Waals surface area (Å²) < 4.78 is 1.81. The zero-order chi connectivity index (χ0) is 11.7. The first-order valence-corrected chi connectivity index (χ1v) is 6.22. The van der Waals surface area contributed by atoms with Crippen molar-refractivity contribution in [1.29, 1.82) is 0 Å². The van der Waals surface area contributed by atoms with Gasteiger partial charge in [0.25, 0.3) is 0 Å². The van der Waals surface area contributed by atoms with Gasteiger partial charge in [-0.25, -0.2) is 9.50 Å². The summed E-state index contributed by atoms with van der Waals surface area (Å²) in [5.41, 5.74) is 1.00. The quantitative estimate of drug-likeness (QED) is 0.770. The molecule has 17 heavy (non-hydrogen) atoms. The van der Waals surface area contributed by atoms with Gasteiger partial charge in [0, 0.05) is 22.1 Å². The zero-order valence-electron chi connectivity index (χ0n) is 9.42. The average Bonchev–Trinajstić information content (AvgIpc) is 2.94. The van der Waals surface area contributed by atoms with Crippen molar-refractivity contribution >= 4 is 22.7 Å². The summed E-state index contributed by atoms with van der Waals surface area (Å²) in [5.74, 6) is 0.871. The molecule has 4 nitrogen and oxygen atoms in total. The van der Waals surface area contributed by atoms with Crippen LogP contribution in [0.15, 0.2) is 36.8 Å². The molecular formula is C12H12N4S. The lowest BCUT2D eigenvalue weighted by atomic mass is 10.4. The second kappa shape index (κ2) is 4.18. The van der Waals surface area contributed by atoms with Gasteiger partial charge >= 0.3 is 0 Å². The van der Waals surface area contributed by atoms with E-state index in [1.54, 1.807) is 23.7 Å². The van der Waals surface area contributed by atoms with Crippen molar-refractivity contribution in [1.82, 2.24) is 14.6 Å². The third-order valence-electron chi connectivity index (χ3n) is 2.55. The third-order valence-corrected chi connectivity index (χ3v) is 3.55. The van der Waals surface area contributed by atoms with Gasteiger partial charge in [-0.1, -0.05) is 0 Å². The van der Waals surface area contributed by atoms with Gasteiger partial charge in [-0.2, -0.15) is 5.10 Å². The molecule has 5 heteroatoms. The Bertz CT molecular complexity index is 641. The van der Waals surface area contributed by atoms with E-state index in [1.165, 1.54) is 9.75 Å². The summed E-state index contributed by atoms with van der Waals surface area (Å²) in [6.45, 7) is 2.92. The lowest BCUT2D eigenvalue weighted by Gasteiger charge is -2.05. The number of anilines is 1. The first-order chi connectivity index (χ1) is 8.33. The standard InChI is InChI=1S/C12H12N4S/c1-9-2-3-10(17-9)8-14-12-11-4-5-15-16(11)7-6-13-12/h2-7H,8H2,1H3,(H,13,14). The van der Waals surface area contributed by atoms with Gasteiger partial charge in [0.15, 0.2) is 5.82 Å². The first-order valence-electron chi connectivity index (χ1n) is 5.40. The summed E-state index contributed by atoms with van der Waals surface area (Å²) in [6.07, 6.45) is 5.37. The van der Waals surface area contributed by atoms with E-state index in [0.29, 0.717) is 0 Å².